The van der Waals surface area contributed by atoms with Gasteiger partial charge in [0.15, 0.2) is 22.8 Å². The minimum atomic E-state index is -3.78. The molecule has 6 nitrogen and oxygen atoms in total. The highest BCUT2D eigenvalue weighted by Gasteiger charge is 2.35. The fraction of sp³-hybridized carbons (Fsp3) is 0.231. The average Bonchev–Trinajstić information content (AvgIpc) is 2.88. The zero-order chi connectivity index (χ0) is 26.6. The molecule has 1 aromatic carbocycles. The zero-order valence-corrected chi connectivity index (χ0v) is 20.5. The summed E-state index contributed by atoms with van der Waals surface area (Å²) in [7, 11) is 0. The van der Waals surface area contributed by atoms with Crippen LogP contribution in [0.1, 0.15) is 31.0 Å². The smallest absolute Gasteiger partial charge is 0.310 e. The Hall–Kier alpha value is -3.79. The first-order valence-electron chi connectivity index (χ1n) is 11.3. The largest absolute Gasteiger partial charge is 0.451 e. The SMILES string of the molecule is C=CC(F)(F)c1ncc(F)c(Oc2ccc(CCNc3ncnc4c3=C(C)CCC(Cl)=CN=4)cc2)c1F. The summed E-state index contributed by atoms with van der Waals surface area (Å²) >= 11 is 6.13. The van der Waals surface area contributed by atoms with Gasteiger partial charge >= 0.3 is 5.92 Å². The topological polar surface area (TPSA) is 72.3 Å². The normalized spacial score (nSPS) is 13.6. The van der Waals surface area contributed by atoms with Crippen molar-refractivity contribution < 1.29 is 22.3 Å². The number of halogens is 5. The van der Waals surface area contributed by atoms with Crippen LogP contribution in [-0.2, 0) is 12.3 Å². The Balaban J connectivity index is 1.46. The molecule has 0 spiro atoms. The molecule has 0 unspecified atom stereocenters. The van der Waals surface area contributed by atoms with Crippen LogP contribution in [0.25, 0.3) is 5.57 Å². The lowest BCUT2D eigenvalue weighted by molar-refractivity contribution is 0.0425. The average molecular weight is 532 g/mol. The van der Waals surface area contributed by atoms with Gasteiger partial charge in [-0.15, -0.1) is 0 Å². The molecule has 1 N–H and O–H groups in total. The molecule has 0 saturated heterocycles. The van der Waals surface area contributed by atoms with Crippen molar-refractivity contribution in [1.82, 2.24) is 15.0 Å². The van der Waals surface area contributed by atoms with E-state index in [9.17, 15) is 17.6 Å². The standard InChI is InChI=1S/C26H22ClF4N5O/c1-3-26(30,31)23-21(29)22(19(28)13-33-23)37-18-8-5-16(6-9-18)10-11-32-24-20-15(2)4-7-17(27)12-34-25(20)36-14-35-24/h3,5-6,8-9,12-14H,1,4,7,10-11H2,2H3,(H,32,34,35,36). The summed E-state index contributed by atoms with van der Waals surface area (Å²) in [6, 6.07) is 6.40. The maximum atomic E-state index is 14.5. The number of alkyl halides is 2. The first-order valence-corrected chi connectivity index (χ1v) is 11.7. The molecule has 0 radical (unpaired) electrons. The summed E-state index contributed by atoms with van der Waals surface area (Å²) in [6.45, 7) is 5.48. The fourth-order valence-corrected chi connectivity index (χ4v) is 3.81. The molecule has 4 rings (SSSR count). The highest BCUT2D eigenvalue weighted by Crippen LogP contribution is 2.36. The van der Waals surface area contributed by atoms with Crippen LogP contribution in [0.4, 0.5) is 23.4 Å². The molecule has 3 heterocycles. The monoisotopic (exact) mass is 531 g/mol. The van der Waals surface area contributed by atoms with E-state index in [1.807, 2.05) is 6.92 Å². The molecule has 192 valence electrons. The molecule has 1 aliphatic rings. The van der Waals surface area contributed by atoms with Crippen LogP contribution in [0.15, 0.2) is 65.7 Å². The molecule has 37 heavy (non-hydrogen) atoms. The van der Waals surface area contributed by atoms with E-state index >= 15 is 0 Å². The number of hydrogen-bond acceptors (Lipinski definition) is 6. The number of aromatic nitrogens is 3. The van der Waals surface area contributed by atoms with Crippen LogP contribution in [0.3, 0.4) is 0 Å². The van der Waals surface area contributed by atoms with E-state index in [1.54, 1.807) is 18.3 Å². The molecular weight excluding hydrogens is 510 g/mol. The Morgan fingerprint density at radius 1 is 1.14 bits per heavy atom. The number of allylic oxidation sites excluding steroid dienone is 2. The third-order valence-electron chi connectivity index (χ3n) is 5.67. The van der Waals surface area contributed by atoms with E-state index in [0.29, 0.717) is 41.9 Å². The van der Waals surface area contributed by atoms with Crippen LogP contribution in [0.5, 0.6) is 11.5 Å². The lowest BCUT2D eigenvalue weighted by Crippen LogP contribution is -2.34. The lowest BCUT2D eigenvalue weighted by Gasteiger charge is -2.15. The molecule has 0 aliphatic carbocycles. The minimum Gasteiger partial charge on any atom is -0.451 e. The maximum absolute atomic E-state index is 14.5. The highest BCUT2D eigenvalue weighted by atomic mass is 35.5. The van der Waals surface area contributed by atoms with Crippen molar-refractivity contribution in [3.8, 4) is 11.5 Å². The van der Waals surface area contributed by atoms with Crippen LogP contribution >= 0.6 is 11.6 Å². The number of fused-ring (bicyclic) bond motifs is 1. The van der Waals surface area contributed by atoms with Crippen molar-refractivity contribution in [3.05, 3.63) is 94.3 Å². The van der Waals surface area contributed by atoms with Gasteiger partial charge in [0, 0.05) is 17.8 Å². The molecule has 0 fully saturated rings. The van der Waals surface area contributed by atoms with Crippen molar-refractivity contribution in [3.63, 3.8) is 0 Å². The summed E-state index contributed by atoms with van der Waals surface area (Å²) in [5.41, 5.74) is 1.24. The van der Waals surface area contributed by atoms with Crippen LogP contribution < -0.4 is 20.8 Å². The number of nitrogens with one attached hydrogen (secondary N) is 1. The minimum absolute atomic E-state index is 0.0734. The lowest BCUT2D eigenvalue weighted by atomic mass is 10.1. The van der Waals surface area contributed by atoms with E-state index in [1.165, 1.54) is 18.5 Å². The van der Waals surface area contributed by atoms with Crippen LogP contribution in [0.2, 0.25) is 0 Å². The van der Waals surface area contributed by atoms with E-state index < -0.39 is 29.0 Å². The molecular formula is C26H22ClF4N5O. The molecule has 1 aliphatic heterocycles. The summed E-state index contributed by atoms with van der Waals surface area (Å²) < 4.78 is 61.5. The number of hydrogen-bond donors (Lipinski definition) is 1. The summed E-state index contributed by atoms with van der Waals surface area (Å²) in [6.07, 6.45) is 5.78. The van der Waals surface area contributed by atoms with Crippen molar-refractivity contribution in [2.24, 2.45) is 4.99 Å². The molecule has 0 amide bonds. The molecule has 0 saturated carbocycles. The Morgan fingerprint density at radius 2 is 1.89 bits per heavy atom. The van der Waals surface area contributed by atoms with E-state index in [0.717, 1.165) is 22.8 Å². The van der Waals surface area contributed by atoms with Gasteiger partial charge in [0.05, 0.1) is 11.4 Å². The maximum Gasteiger partial charge on any atom is 0.310 e. The van der Waals surface area contributed by atoms with Gasteiger partial charge in [0.1, 0.15) is 17.9 Å². The van der Waals surface area contributed by atoms with Crippen molar-refractivity contribution in [2.75, 3.05) is 11.9 Å². The molecule has 0 atom stereocenters. The first-order chi connectivity index (χ1) is 17.7. The fourth-order valence-electron chi connectivity index (χ4n) is 3.67. The highest BCUT2D eigenvalue weighted by molar-refractivity contribution is 6.29. The predicted octanol–water partition coefficient (Wildman–Crippen LogP) is 5.54. The third kappa shape index (κ3) is 5.96. The van der Waals surface area contributed by atoms with Gasteiger partial charge in [-0.3, -0.25) is 0 Å². The zero-order valence-electron chi connectivity index (χ0n) is 19.7. The van der Waals surface area contributed by atoms with Crippen LogP contribution in [-0.4, -0.2) is 21.5 Å². The molecule has 3 aromatic rings. The summed E-state index contributed by atoms with van der Waals surface area (Å²) in [5, 5.41) is 4.81. The number of anilines is 1. The number of nitrogens with zero attached hydrogens (tertiary/aromatic N) is 4. The van der Waals surface area contributed by atoms with E-state index in [4.69, 9.17) is 16.3 Å². The number of ether oxygens (including phenoxy) is 1. The van der Waals surface area contributed by atoms with E-state index in [-0.39, 0.29) is 11.8 Å². The number of benzene rings is 1. The van der Waals surface area contributed by atoms with Gasteiger partial charge in [0.25, 0.3) is 0 Å². The number of rotatable bonds is 8. The van der Waals surface area contributed by atoms with Gasteiger partial charge in [0.2, 0.25) is 5.75 Å². The predicted molar refractivity (Wildman–Crippen MR) is 132 cm³/mol. The van der Waals surface area contributed by atoms with Gasteiger partial charge < -0.3 is 10.1 Å². The van der Waals surface area contributed by atoms with Gasteiger partial charge in [-0.1, -0.05) is 35.9 Å². The summed E-state index contributed by atoms with van der Waals surface area (Å²) in [4.78, 5) is 16.1. The van der Waals surface area contributed by atoms with Crippen molar-refractivity contribution in [1.29, 1.82) is 0 Å². The molecule has 2 aromatic heterocycles. The van der Waals surface area contributed by atoms with Crippen molar-refractivity contribution in [2.45, 2.75) is 32.1 Å². The first kappa shape index (κ1) is 26.3. The summed E-state index contributed by atoms with van der Waals surface area (Å²) in [5.74, 6) is -6.80. The second kappa shape index (κ2) is 11.1. The third-order valence-corrected chi connectivity index (χ3v) is 5.96. The quantitative estimate of drug-likeness (QED) is 0.305. The van der Waals surface area contributed by atoms with E-state index in [2.05, 4.69) is 31.8 Å². The second-order valence-corrected chi connectivity index (χ2v) is 8.74. The second-order valence-electron chi connectivity index (χ2n) is 8.25. The van der Waals surface area contributed by atoms with Gasteiger partial charge in [-0.25, -0.2) is 28.7 Å². The molecule has 0 bridgehead atoms. The Labute approximate surface area is 215 Å². The number of pyridine rings is 1. The molecule has 11 heteroatoms. The van der Waals surface area contributed by atoms with Crippen LogP contribution in [0, 0.1) is 11.6 Å². The Bertz CT molecular complexity index is 1480. The Morgan fingerprint density at radius 3 is 2.62 bits per heavy atom. The van der Waals surface area contributed by atoms with Gasteiger partial charge in [-0.05, 0) is 50.0 Å². The Kier molecular flexibility index (Phi) is 7.87. The van der Waals surface area contributed by atoms with Crippen molar-refractivity contribution >= 4 is 23.0 Å². The van der Waals surface area contributed by atoms with Gasteiger partial charge in [-0.2, -0.15) is 8.78 Å².